The van der Waals surface area contributed by atoms with E-state index in [9.17, 15) is 9.59 Å². The van der Waals surface area contributed by atoms with E-state index in [1.165, 1.54) is 0 Å². The molecule has 4 aromatic rings. The molecule has 7 nitrogen and oxygen atoms in total. The molecule has 0 radical (unpaired) electrons. The van der Waals surface area contributed by atoms with Gasteiger partial charge in [-0.1, -0.05) is 42.5 Å². The van der Waals surface area contributed by atoms with E-state index in [1.807, 2.05) is 73.7 Å². The molecule has 4 aromatic carbocycles. The van der Waals surface area contributed by atoms with Crippen LogP contribution in [0.1, 0.15) is 45.2 Å². The van der Waals surface area contributed by atoms with Gasteiger partial charge in [0.25, 0.3) is 11.8 Å². The van der Waals surface area contributed by atoms with Crippen LogP contribution in [0, 0.1) is 0 Å². The van der Waals surface area contributed by atoms with Gasteiger partial charge in [0.15, 0.2) is 11.5 Å². The zero-order chi connectivity index (χ0) is 25.4. The van der Waals surface area contributed by atoms with Gasteiger partial charge in [-0.2, -0.15) is 5.10 Å². The number of rotatable bonds is 7. The van der Waals surface area contributed by atoms with Crippen molar-refractivity contribution in [2.75, 3.05) is 11.7 Å². The van der Waals surface area contributed by atoms with E-state index < -0.39 is 0 Å². The smallest absolute Gasteiger partial charge is 0.271 e. The number of benzene rings is 4. The highest BCUT2D eigenvalue weighted by molar-refractivity contribution is 6.24. The van der Waals surface area contributed by atoms with Gasteiger partial charge in [-0.05, 0) is 72.7 Å². The van der Waals surface area contributed by atoms with Crippen LogP contribution in [0.4, 0.5) is 5.69 Å². The van der Waals surface area contributed by atoms with Crippen LogP contribution in [0.5, 0.6) is 11.5 Å². The van der Waals surface area contributed by atoms with Crippen LogP contribution in [0.3, 0.4) is 0 Å². The topological polar surface area (TPSA) is 80.2 Å². The molecule has 0 unspecified atom stereocenters. The Morgan fingerprint density at radius 1 is 0.946 bits per heavy atom. The second kappa shape index (κ2) is 9.43. The SMILES string of the molecule is C/C(CCc1ccc2c(c1)OCO2)=N\NC(=O)c1ccc(CN2C(=O)c3cccc4cccc2c34)cc1. The molecular formula is C30H25N3O4. The number of hydrazone groups is 1. The first-order valence-electron chi connectivity index (χ1n) is 12.2. The first kappa shape index (κ1) is 22.8. The van der Waals surface area contributed by atoms with Crippen molar-refractivity contribution in [3.8, 4) is 11.5 Å². The first-order chi connectivity index (χ1) is 18.1. The lowest BCUT2D eigenvalue weighted by Gasteiger charge is -2.18. The number of fused-ring (bicyclic) bond motifs is 1. The van der Waals surface area contributed by atoms with Crippen LogP contribution in [0.15, 0.2) is 84.0 Å². The summed E-state index contributed by atoms with van der Waals surface area (Å²) in [6, 6.07) is 25.0. The maximum absolute atomic E-state index is 13.0. The van der Waals surface area contributed by atoms with E-state index in [0.717, 1.165) is 56.8 Å². The van der Waals surface area contributed by atoms with Crippen LogP contribution < -0.4 is 19.8 Å². The Labute approximate surface area is 214 Å². The molecule has 0 aliphatic carbocycles. The Kier molecular flexibility index (Phi) is 5.81. The second-order valence-corrected chi connectivity index (χ2v) is 9.24. The molecule has 1 N–H and O–H groups in total. The minimum Gasteiger partial charge on any atom is -0.454 e. The van der Waals surface area contributed by atoms with Gasteiger partial charge in [-0.15, -0.1) is 0 Å². The predicted octanol–water partition coefficient (Wildman–Crippen LogP) is 5.47. The molecule has 0 atom stereocenters. The summed E-state index contributed by atoms with van der Waals surface area (Å²) in [5.74, 6) is 1.25. The zero-order valence-corrected chi connectivity index (χ0v) is 20.4. The Bertz CT molecular complexity index is 1550. The molecule has 0 aromatic heterocycles. The summed E-state index contributed by atoms with van der Waals surface area (Å²) in [5.41, 5.74) is 7.69. The van der Waals surface area contributed by atoms with E-state index in [4.69, 9.17) is 9.47 Å². The van der Waals surface area contributed by atoms with Gasteiger partial charge in [0, 0.05) is 22.2 Å². The van der Waals surface area contributed by atoms with E-state index >= 15 is 0 Å². The fraction of sp³-hybridized carbons (Fsp3) is 0.167. The summed E-state index contributed by atoms with van der Waals surface area (Å²) in [7, 11) is 0. The number of anilines is 1. The molecule has 2 aliphatic rings. The summed E-state index contributed by atoms with van der Waals surface area (Å²) in [6.07, 6.45) is 1.49. The number of carbonyl (C=O) groups is 2. The zero-order valence-electron chi connectivity index (χ0n) is 20.4. The number of nitrogens with one attached hydrogen (secondary N) is 1. The van der Waals surface area contributed by atoms with Crippen LogP contribution in [-0.2, 0) is 13.0 Å². The lowest BCUT2D eigenvalue weighted by Crippen LogP contribution is -2.26. The molecule has 6 rings (SSSR count). The number of nitrogens with zero attached hydrogens (tertiary/aromatic N) is 2. The Morgan fingerprint density at radius 3 is 2.54 bits per heavy atom. The van der Waals surface area contributed by atoms with Gasteiger partial charge in [-0.25, -0.2) is 5.43 Å². The van der Waals surface area contributed by atoms with Crippen molar-refractivity contribution in [3.63, 3.8) is 0 Å². The summed E-state index contributed by atoms with van der Waals surface area (Å²) in [6.45, 7) is 2.58. The van der Waals surface area contributed by atoms with E-state index in [-0.39, 0.29) is 18.6 Å². The number of amides is 2. The van der Waals surface area contributed by atoms with Gasteiger partial charge >= 0.3 is 0 Å². The van der Waals surface area contributed by atoms with Gasteiger partial charge in [0.1, 0.15) is 0 Å². The molecule has 2 amide bonds. The number of carbonyl (C=O) groups excluding carboxylic acids is 2. The molecule has 2 aliphatic heterocycles. The van der Waals surface area contributed by atoms with Gasteiger partial charge < -0.3 is 14.4 Å². The summed E-state index contributed by atoms with van der Waals surface area (Å²) in [5, 5.41) is 6.31. The maximum Gasteiger partial charge on any atom is 0.271 e. The molecule has 37 heavy (non-hydrogen) atoms. The molecule has 184 valence electrons. The van der Waals surface area contributed by atoms with Crippen LogP contribution in [-0.4, -0.2) is 24.3 Å². The average Bonchev–Trinajstić information content (AvgIpc) is 3.50. The predicted molar refractivity (Wildman–Crippen MR) is 142 cm³/mol. The highest BCUT2D eigenvalue weighted by Gasteiger charge is 2.29. The van der Waals surface area contributed by atoms with Crippen LogP contribution in [0.25, 0.3) is 10.8 Å². The molecule has 0 spiro atoms. The highest BCUT2D eigenvalue weighted by Crippen LogP contribution is 2.38. The first-order valence-corrected chi connectivity index (χ1v) is 12.2. The van der Waals surface area contributed by atoms with E-state index in [1.54, 1.807) is 17.0 Å². The normalized spacial score (nSPS) is 13.9. The van der Waals surface area contributed by atoms with Crippen molar-refractivity contribution in [1.82, 2.24) is 5.43 Å². The van der Waals surface area contributed by atoms with Crippen molar-refractivity contribution in [2.45, 2.75) is 26.3 Å². The Morgan fingerprint density at radius 2 is 1.70 bits per heavy atom. The Hall–Kier alpha value is -4.65. The van der Waals surface area contributed by atoms with Crippen molar-refractivity contribution >= 4 is 34.0 Å². The molecule has 0 saturated heterocycles. The van der Waals surface area contributed by atoms with Crippen LogP contribution >= 0.6 is 0 Å². The summed E-state index contributed by atoms with van der Waals surface area (Å²) in [4.78, 5) is 27.4. The molecule has 7 heteroatoms. The van der Waals surface area contributed by atoms with E-state index in [2.05, 4.69) is 10.5 Å². The summed E-state index contributed by atoms with van der Waals surface area (Å²) >= 11 is 0. The lowest BCUT2D eigenvalue weighted by atomic mass is 10.1. The summed E-state index contributed by atoms with van der Waals surface area (Å²) < 4.78 is 10.8. The third-order valence-electron chi connectivity index (χ3n) is 6.77. The van der Waals surface area contributed by atoms with Gasteiger partial charge in [-0.3, -0.25) is 9.59 Å². The fourth-order valence-electron chi connectivity index (χ4n) is 4.77. The number of aryl methyl sites for hydroxylation is 1. The van der Waals surface area contributed by atoms with Crippen molar-refractivity contribution < 1.29 is 19.1 Å². The van der Waals surface area contributed by atoms with Crippen molar-refractivity contribution in [2.24, 2.45) is 5.10 Å². The fourth-order valence-corrected chi connectivity index (χ4v) is 4.77. The second-order valence-electron chi connectivity index (χ2n) is 9.24. The quantitative estimate of drug-likeness (QED) is 0.275. The van der Waals surface area contributed by atoms with Crippen molar-refractivity contribution in [1.29, 1.82) is 0 Å². The van der Waals surface area contributed by atoms with Gasteiger partial charge in [0.05, 0.1) is 12.2 Å². The molecule has 0 fully saturated rings. The largest absolute Gasteiger partial charge is 0.454 e. The Balaban J connectivity index is 1.06. The monoisotopic (exact) mass is 491 g/mol. The lowest BCUT2D eigenvalue weighted by molar-refractivity contribution is 0.0952. The number of hydrogen-bond donors (Lipinski definition) is 1. The highest BCUT2D eigenvalue weighted by atomic mass is 16.7. The molecule has 2 heterocycles. The third kappa shape index (κ3) is 4.40. The minimum atomic E-state index is -0.275. The standard InChI is InChI=1S/C30H25N3O4/c1-19(8-9-20-12-15-26-27(16-20)37-18-36-26)31-32-29(34)23-13-10-21(11-14-23)17-33-25-7-3-5-22-4-2-6-24(28(22)25)30(33)35/h2-7,10-16H,8-9,17-18H2,1H3,(H,32,34)/b31-19+. The molecule has 0 bridgehead atoms. The van der Waals surface area contributed by atoms with Gasteiger partial charge in [0.2, 0.25) is 6.79 Å². The van der Waals surface area contributed by atoms with Crippen molar-refractivity contribution in [3.05, 3.63) is 101 Å². The molecular weight excluding hydrogens is 466 g/mol. The maximum atomic E-state index is 13.0. The third-order valence-corrected chi connectivity index (χ3v) is 6.77. The minimum absolute atomic E-state index is 0.000759. The van der Waals surface area contributed by atoms with E-state index in [0.29, 0.717) is 18.5 Å². The number of hydrogen-bond acceptors (Lipinski definition) is 5. The number of ether oxygens (including phenoxy) is 2. The molecule has 0 saturated carbocycles. The van der Waals surface area contributed by atoms with Crippen LogP contribution in [0.2, 0.25) is 0 Å². The average molecular weight is 492 g/mol.